The lowest BCUT2D eigenvalue weighted by Crippen LogP contribution is -2.16. The van der Waals surface area contributed by atoms with Gasteiger partial charge in [0.15, 0.2) is 10.8 Å². The highest BCUT2D eigenvalue weighted by Gasteiger charge is 2.20. The van der Waals surface area contributed by atoms with Gasteiger partial charge in [0, 0.05) is 11.9 Å². The number of aromatic nitrogens is 3. The maximum atomic E-state index is 12.0. The summed E-state index contributed by atoms with van der Waals surface area (Å²) in [6.07, 6.45) is 1.52. The second-order valence-electron chi connectivity index (χ2n) is 4.12. The van der Waals surface area contributed by atoms with Crippen molar-refractivity contribution in [2.75, 3.05) is 11.9 Å². The summed E-state index contributed by atoms with van der Waals surface area (Å²) in [6.45, 7) is 3.67. The fraction of sp³-hybridized carbons (Fsp3) is 0.231. The molecule has 0 aromatic carbocycles. The van der Waals surface area contributed by atoms with Crippen LogP contribution in [0.25, 0.3) is 0 Å². The van der Waals surface area contributed by atoms with Crippen molar-refractivity contribution >= 4 is 29.2 Å². The Hall–Kier alpha value is -2.41. The zero-order valence-corrected chi connectivity index (χ0v) is 12.2. The van der Waals surface area contributed by atoms with Gasteiger partial charge in [0.25, 0.3) is 5.91 Å². The minimum atomic E-state index is -0.506. The van der Waals surface area contributed by atoms with Crippen molar-refractivity contribution in [2.24, 2.45) is 0 Å². The number of H-pyrrole nitrogens is 1. The van der Waals surface area contributed by atoms with E-state index in [1.165, 1.54) is 18.3 Å². The Balaban J connectivity index is 2.22. The number of carbonyl (C=O) groups excluding carboxylic acids is 2. The van der Waals surface area contributed by atoms with Crippen LogP contribution in [0.4, 0.5) is 5.69 Å². The maximum absolute atomic E-state index is 12.0. The Kier molecular flexibility index (Phi) is 4.54. The summed E-state index contributed by atoms with van der Waals surface area (Å²) in [5.74, 6) is -1.00. The molecule has 0 spiro atoms. The van der Waals surface area contributed by atoms with Crippen molar-refractivity contribution in [3.8, 4) is 0 Å². The number of esters is 1. The predicted molar refractivity (Wildman–Crippen MR) is 76.5 cm³/mol. The predicted octanol–water partition coefficient (Wildman–Crippen LogP) is 2.20. The van der Waals surface area contributed by atoms with Crippen LogP contribution in [-0.2, 0) is 4.74 Å². The SMILES string of the molecule is CCOC(=O)c1c(NC(=O)c2ccc(Cl)nn2)c[nH]c1C. The highest BCUT2D eigenvalue weighted by Crippen LogP contribution is 2.21. The summed E-state index contributed by atoms with van der Waals surface area (Å²) in [4.78, 5) is 26.8. The first-order chi connectivity index (χ1) is 10.0. The molecule has 1 amide bonds. The lowest BCUT2D eigenvalue weighted by atomic mass is 10.2. The number of halogens is 1. The first-order valence-electron chi connectivity index (χ1n) is 6.18. The van der Waals surface area contributed by atoms with Gasteiger partial charge in [0.1, 0.15) is 5.56 Å². The molecule has 8 heteroatoms. The molecule has 0 aliphatic rings. The number of ether oxygens (including phenoxy) is 1. The topological polar surface area (TPSA) is 97.0 Å². The minimum Gasteiger partial charge on any atom is -0.462 e. The number of nitrogens with zero attached hydrogens (tertiary/aromatic N) is 2. The van der Waals surface area contributed by atoms with Gasteiger partial charge < -0.3 is 15.0 Å². The van der Waals surface area contributed by atoms with Gasteiger partial charge in [-0.3, -0.25) is 4.79 Å². The Morgan fingerprint density at radius 3 is 2.76 bits per heavy atom. The molecule has 7 nitrogen and oxygen atoms in total. The Morgan fingerprint density at radius 2 is 2.14 bits per heavy atom. The lowest BCUT2D eigenvalue weighted by molar-refractivity contribution is 0.0527. The molecule has 0 fully saturated rings. The molecule has 0 aliphatic carbocycles. The van der Waals surface area contributed by atoms with Crippen molar-refractivity contribution in [1.82, 2.24) is 15.2 Å². The van der Waals surface area contributed by atoms with Crippen LogP contribution >= 0.6 is 11.6 Å². The average Bonchev–Trinajstić information content (AvgIpc) is 2.80. The molecule has 0 saturated carbocycles. The van der Waals surface area contributed by atoms with Crippen LogP contribution in [0.3, 0.4) is 0 Å². The van der Waals surface area contributed by atoms with Crippen LogP contribution in [0.1, 0.15) is 33.5 Å². The molecule has 0 unspecified atom stereocenters. The zero-order valence-electron chi connectivity index (χ0n) is 11.4. The molecule has 21 heavy (non-hydrogen) atoms. The molecule has 2 heterocycles. The van der Waals surface area contributed by atoms with E-state index >= 15 is 0 Å². The summed E-state index contributed by atoms with van der Waals surface area (Å²) < 4.78 is 4.96. The normalized spacial score (nSPS) is 10.2. The van der Waals surface area contributed by atoms with Crippen LogP contribution in [0, 0.1) is 6.92 Å². The van der Waals surface area contributed by atoms with E-state index in [1.54, 1.807) is 13.8 Å². The van der Waals surface area contributed by atoms with Crippen LogP contribution < -0.4 is 5.32 Å². The first kappa shape index (κ1) is 15.0. The Bertz CT molecular complexity index is 667. The van der Waals surface area contributed by atoms with Crippen molar-refractivity contribution in [2.45, 2.75) is 13.8 Å². The van der Waals surface area contributed by atoms with E-state index in [9.17, 15) is 9.59 Å². The van der Waals surface area contributed by atoms with Gasteiger partial charge in [-0.15, -0.1) is 10.2 Å². The number of anilines is 1. The molecule has 0 aliphatic heterocycles. The molecule has 2 aromatic rings. The molecule has 0 atom stereocenters. The van der Waals surface area contributed by atoms with E-state index in [1.807, 2.05) is 0 Å². The molecular formula is C13H13ClN4O3. The van der Waals surface area contributed by atoms with Gasteiger partial charge in [-0.05, 0) is 26.0 Å². The van der Waals surface area contributed by atoms with Gasteiger partial charge in [-0.2, -0.15) is 0 Å². The quantitative estimate of drug-likeness (QED) is 0.844. The zero-order chi connectivity index (χ0) is 15.4. The summed E-state index contributed by atoms with van der Waals surface area (Å²) in [7, 11) is 0. The van der Waals surface area contributed by atoms with Crippen LogP contribution in [0.5, 0.6) is 0 Å². The minimum absolute atomic E-state index is 0.0908. The summed E-state index contributed by atoms with van der Waals surface area (Å²) >= 11 is 5.61. The third-order valence-corrected chi connectivity index (χ3v) is 2.87. The summed E-state index contributed by atoms with van der Waals surface area (Å²) in [5, 5.41) is 10.0. The van der Waals surface area contributed by atoms with E-state index in [0.717, 1.165) is 0 Å². The number of nitrogens with one attached hydrogen (secondary N) is 2. The number of aryl methyl sites for hydroxylation is 1. The first-order valence-corrected chi connectivity index (χ1v) is 6.56. The summed E-state index contributed by atoms with van der Waals surface area (Å²) in [6, 6.07) is 2.90. The van der Waals surface area contributed by atoms with Gasteiger partial charge in [-0.1, -0.05) is 11.6 Å². The number of amides is 1. The number of carbonyl (C=O) groups is 2. The number of hydrogen-bond acceptors (Lipinski definition) is 5. The number of rotatable bonds is 4. The van der Waals surface area contributed by atoms with Gasteiger partial charge in [0.2, 0.25) is 0 Å². The largest absolute Gasteiger partial charge is 0.462 e. The third kappa shape index (κ3) is 3.38. The molecule has 2 aromatic heterocycles. The van der Waals surface area contributed by atoms with E-state index < -0.39 is 11.9 Å². The van der Waals surface area contributed by atoms with Crippen molar-refractivity contribution < 1.29 is 14.3 Å². The maximum Gasteiger partial charge on any atom is 0.342 e. The molecule has 2 rings (SSSR count). The van der Waals surface area contributed by atoms with Crippen LogP contribution in [0.2, 0.25) is 5.15 Å². The lowest BCUT2D eigenvalue weighted by Gasteiger charge is -2.06. The van der Waals surface area contributed by atoms with Crippen LogP contribution in [0.15, 0.2) is 18.3 Å². The fourth-order valence-corrected chi connectivity index (χ4v) is 1.82. The number of hydrogen-bond donors (Lipinski definition) is 2. The highest BCUT2D eigenvalue weighted by molar-refractivity contribution is 6.29. The summed E-state index contributed by atoms with van der Waals surface area (Å²) in [5.41, 5.74) is 1.30. The van der Waals surface area contributed by atoms with E-state index in [2.05, 4.69) is 20.5 Å². The van der Waals surface area contributed by atoms with Gasteiger partial charge in [-0.25, -0.2) is 4.79 Å². The fourth-order valence-electron chi connectivity index (χ4n) is 1.72. The number of aromatic amines is 1. The van der Waals surface area contributed by atoms with Crippen LogP contribution in [-0.4, -0.2) is 33.7 Å². The second-order valence-corrected chi connectivity index (χ2v) is 4.51. The van der Waals surface area contributed by atoms with Gasteiger partial charge >= 0.3 is 5.97 Å². The van der Waals surface area contributed by atoms with E-state index in [-0.39, 0.29) is 23.0 Å². The van der Waals surface area contributed by atoms with Crippen molar-refractivity contribution in [3.05, 3.63) is 40.4 Å². The molecule has 0 saturated heterocycles. The standard InChI is InChI=1S/C13H13ClN4O3/c1-3-21-13(20)11-7(2)15-6-9(11)16-12(19)8-4-5-10(14)18-17-8/h4-6,15H,3H2,1-2H3,(H,16,19). The molecule has 110 valence electrons. The third-order valence-electron chi connectivity index (χ3n) is 2.67. The highest BCUT2D eigenvalue weighted by atomic mass is 35.5. The molecule has 0 bridgehead atoms. The second kappa shape index (κ2) is 6.36. The monoisotopic (exact) mass is 308 g/mol. The average molecular weight is 309 g/mol. The van der Waals surface area contributed by atoms with E-state index in [0.29, 0.717) is 11.4 Å². The van der Waals surface area contributed by atoms with Gasteiger partial charge in [0.05, 0.1) is 12.3 Å². The Labute approximate surface area is 125 Å². The molecule has 2 N–H and O–H groups in total. The Morgan fingerprint density at radius 1 is 1.38 bits per heavy atom. The molecular weight excluding hydrogens is 296 g/mol. The van der Waals surface area contributed by atoms with Crippen molar-refractivity contribution in [3.63, 3.8) is 0 Å². The molecule has 0 radical (unpaired) electrons. The van der Waals surface area contributed by atoms with E-state index in [4.69, 9.17) is 16.3 Å². The smallest absolute Gasteiger partial charge is 0.342 e. The van der Waals surface area contributed by atoms with Crippen molar-refractivity contribution in [1.29, 1.82) is 0 Å².